The van der Waals surface area contributed by atoms with E-state index in [9.17, 15) is 0 Å². The van der Waals surface area contributed by atoms with E-state index in [1.165, 1.54) is 0 Å². The summed E-state index contributed by atoms with van der Waals surface area (Å²) in [5, 5.41) is 12.8. The van der Waals surface area contributed by atoms with E-state index < -0.39 is 5.41 Å². The Kier molecular flexibility index (Phi) is 3.54. The molecule has 0 atom stereocenters. The molecule has 1 fully saturated rings. The van der Waals surface area contributed by atoms with E-state index >= 15 is 0 Å². The monoisotopic (exact) mass is 254 g/mol. The Morgan fingerprint density at radius 1 is 1.29 bits per heavy atom. The molecule has 2 rings (SSSR count). The van der Waals surface area contributed by atoms with Gasteiger partial charge in [0.2, 0.25) is 0 Å². The first-order valence-corrected chi connectivity index (χ1v) is 5.89. The normalized spacial score (nSPS) is 20.2. The van der Waals surface area contributed by atoms with Gasteiger partial charge in [0.25, 0.3) is 0 Å². The van der Waals surface area contributed by atoms with Crippen molar-refractivity contribution in [2.75, 3.05) is 13.2 Å². The molecule has 0 bridgehead atoms. The zero-order valence-electron chi connectivity index (χ0n) is 9.40. The molecule has 0 unspecified atom stereocenters. The van der Waals surface area contributed by atoms with Crippen LogP contribution in [0.2, 0.25) is 5.02 Å². The highest BCUT2D eigenvalue weighted by molar-refractivity contribution is 6.30. The van der Waals surface area contributed by atoms with Crippen molar-refractivity contribution in [2.45, 2.75) is 18.3 Å². The van der Waals surface area contributed by atoms with Gasteiger partial charge in [-0.1, -0.05) is 28.9 Å². The molecule has 17 heavy (non-hydrogen) atoms. The van der Waals surface area contributed by atoms with Crippen molar-refractivity contribution in [3.63, 3.8) is 0 Å². The molecular weight excluding hydrogens is 240 g/mol. The van der Waals surface area contributed by atoms with Crippen LogP contribution in [0.5, 0.6) is 0 Å². The van der Waals surface area contributed by atoms with Crippen molar-refractivity contribution >= 4 is 17.4 Å². The summed E-state index contributed by atoms with van der Waals surface area (Å²) in [6.07, 6.45) is 1.43. The van der Waals surface area contributed by atoms with Crippen LogP contribution in [0, 0.1) is 0 Å². The first kappa shape index (κ1) is 12.2. The number of nitrogens with two attached hydrogens (primary N) is 1. The quantitative estimate of drug-likeness (QED) is 0.368. The molecule has 1 aliphatic rings. The number of hydrogen-bond acceptors (Lipinski definition) is 3. The number of ether oxygens (including phenoxy) is 1. The number of oxime groups is 1. The lowest BCUT2D eigenvalue weighted by atomic mass is 9.73. The van der Waals surface area contributed by atoms with E-state index in [-0.39, 0.29) is 5.84 Å². The maximum absolute atomic E-state index is 8.96. The maximum atomic E-state index is 8.96. The fourth-order valence-corrected chi connectivity index (χ4v) is 2.40. The summed E-state index contributed by atoms with van der Waals surface area (Å²) < 4.78 is 5.35. The second kappa shape index (κ2) is 4.94. The standard InChI is InChI=1S/C12H15ClN2O2/c13-10-3-1-9(2-4-10)12(11(14)15-16)5-7-17-8-6-12/h1-4,16H,5-8H2,(H2,14,15). The van der Waals surface area contributed by atoms with Gasteiger partial charge in [-0.05, 0) is 30.5 Å². The Morgan fingerprint density at radius 2 is 1.88 bits per heavy atom. The summed E-state index contributed by atoms with van der Waals surface area (Å²) in [6.45, 7) is 1.22. The van der Waals surface area contributed by atoms with Crippen molar-refractivity contribution in [1.82, 2.24) is 0 Å². The van der Waals surface area contributed by atoms with Gasteiger partial charge in [-0.15, -0.1) is 0 Å². The highest BCUT2D eigenvalue weighted by Crippen LogP contribution is 2.35. The third kappa shape index (κ3) is 2.23. The highest BCUT2D eigenvalue weighted by atomic mass is 35.5. The van der Waals surface area contributed by atoms with Gasteiger partial charge in [0.15, 0.2) is 0 Å². The molecule has 0 aliphatic carbocycles. The van der Waals surface area contributed by atoms with Crippen LogP contribution in [0.25, 0.3) is 0 Å². The molecule has 1 aliphatic heterocycles. The number of hydrogen-bond donors (Lipinski definition) is 2. The zero-order valence-corrected chi connectivity index (χ0v) is 10.2. The van der Waals surface area contributed by atoms with Crippen LogP contribution in [0.4, 0.5) is 0 Å². The van der Waals surface area contributed by atoms with Gasteiger partial charge in [0.1, 0.15) is 5.84 Å². The summed E-state index contributed by atoms with van der Waals surface area (Å²) in [5.41, 5.74) is 6.45. The molecule has 0 radical (unpaired) electrons. The van der Waals surface area contributed by atoms with Gasteiger partial charge in [0.05, 0.1) is 5.41 Å². The summed E-state index contributed by atoms with van der Waals surface area (Å²) in [7, 11) is 0. The number of benzene rings is 1. The van der Waals surface area contributed by atoms with Crippen LogP contribution in [-0.2, 0) is 10.2 Å². The van der Waals surface area contributed by atoms with Crippen LogP contribution < -0.4 is 5.73 Å². The third-order valence-electron chi connectivity index (χ3n) is 3.34. The van der Waals surface area contributed by atoms with Gasteiger partial charge < -0.3 is 15.7 Å². The first-order valence-electron chi connectivity index (χ1n) is 5.51. The predicted octanol–water partition coefficient (Wildman–Crippen LogP) is 2.13. The molecule has 0 spiro atoms. The molecule has 92 valence electrons. The lowest BCUT2D eigenvalue weighted by Crippen LogP contribution is -2.45. The molecule has 0 amide bonds. The second-order valence-electron chi connectivity index (χ2n) is 4.19. The lowest BCUT2D eigenvalue weighted by Gasteiger charge is -2.36. The zero-order chi connectivity index (χ0) is 12.3. The molecule has 0 aromatic heterocycles. The van der Waals surface area contributed by atoms with Gasteiger partial charge in [-0.3, -0.25) is 0 Å². The topological polar surface area (TPSA) is 67.8 Å². The lowest BCUT2D eigenvalue weighted by molar-refractivity contribution is 0.0695. The van der Waals surface area contributed by atoms with E-state index in [2.05, 4.69) is 5.16 Å². The third-order valence-corrected chi connectivity index (χ3v) is 3.59. The second-order valence-corrected chi connectivity index (χ2v) is 4.62. The number of rotatable bonds is 2. The fraction of sp³-hybridized carbons (Fsp3) is 0.417. The molecule has 3 N–H and O–H groups in total. The van der Waals surface area contributed by atoms with Gasteiger partial charge >= 0.3 is 0 Å². The Morgan fingerprint density at radius 3 is 2.41 bits per heavy atom. The molecule has 4 nitrogen and oxygen atoms in total. The van der Waals surface area contributed by atoms with E-state index in [1.807, 2.05) is 24.3 Å². The van der Waals surface area contributed by atoms with Crippen LogP contribution in [-0.4, -0.2) is 24.3 Å². The smallest absolute Gasteiger partial charge is 0.149 e. The van der Waals surface area contributed by atoms with Gasteiger partial charge in [-0.2, -0.15) is 0 Å². The maximum Gasteiger partial charge on any atom is 0.149 e. The molecular formula is C12H15ClN2O2. The minimum Gasteiger partial charge on any atom is -0.409 e. The average Bonchev–Trinajstić information content (AvgIpc) is 2.39. The minimum absolute atomic E-state index is 0.239. The Bertz CT molecular complexity index is 411. The van der Waals surface area contributed by atoms with Gasteiger partial charge in [-0.25, -0.2) is 0 Å². The predicted molar refractivity (Wildman–Crippen MR) is 66.6 cm³/mol. The van der Waals surface area contributed by atoms with Crippen molar-refractivity contribution in [2.24, 2.45) is 10.9 Å². The van der Waals surface area contributed by atoms with Crippen LogP contribution in [0.1, 0.15) is 18.4 Å². The van der Waals surface area contributed by atoms with Crippen molar-refractivity contribution in [1.29, 1.82) is 0 Å². The molecule has 0 saturated carbocycles. The average molecular weight is 255 g/mol. The first-order chi connectivity index (χ1) is 8.19. The number of nitrogens with zero attached hydrogens (tertiary/aromatic N) is 1. The van der Waals surface area contributed by atoms with E-state index in [0.717, 1.165) is 5.56 Å². The minimum atomic E-state index is -0.433. The number of amidine groups is 1. The van der Waals surface area contributed by atoms with Crippen molar-refractivity contribution < 1.29 is 9.94 Å². The SMILES string of the molecule is NC(=NO)C1(c2ccc(Cl)cc2)CCOCC1. The summed E-state index contributed by atoms with van der Waals surface area (Å²) in [4.78, 5) is 0. The molecule has 1 saturated heterocycles. The Hall–Kier alpha value is -1.26. The Labute approximate surface area is 105 Å². The fourth-order valence-electron chi connectivity index (χ4n) is 2.28. The summed E-state index contributed by atoms with van der Waals surface area (Å²) in [6, 6.07) is 7.48. The molecule has 1 aromatic carbocycles. The Balaban J connectivity index is 2.42. The molecule has 1 heterocycles. The summed E-state index contributed by atoms with van der Waals surface area (Å²) in [5.74, 6) is 0.239. The highest BCUT2D eigenvalue weighted by Gasteiger charge is 2.38. The number of halogens is 1. The van der Waals surface area contributed by atoms with E-state index in [0.29, 0.717) is 31.1 Å². The van der Waals surface area contributed by atoms with Gasteiger partial charge in [0, 0.05) is 18.2 Å². The largest absolute Gasteiger partial charge is 0.409 e. The van der Waals surface area contributed by atoms with E-state index in [4.69, 9.17) is 27.3 Å². The van der Waals surface area contributed by atoms with Crippen molar-refractivity contribution in [3.8, 4) is 0 Å². The molecule has 5 heteroatoms. The van der Waals surface area contributed by atoms with Crippen LogP contribution in [0.15, 0.2) is 29.4 Å². The van der Waals surface area contributed by atoms with Crippen LogP contribution >= 0.6 is 11.6 Å². The van der Waals surface area contributed by atoms with Crippen LogP contribution in [0.3, 0.4) is 0 Å². The van der Waals surface area contributed by atoms with Crippen molar-refractivity contribution in [3.05, 3.63) is 34.9 Å². The molecule has 1 aromatic rings. The van der Waals surface area contributed by atoms with E-state index in [1.54, 1.807) is 0 Å². The summed E-state index contributed by atoms with van der Waals surface area (Å²) >= 11 is 5.87.